The number of likely N-dealkylation sites (tertiary alicyclic amines) is 1. The summed E-state index contributed by atoms with van der Waals surface area (Å²) in [4.78, 5) is 27.0. The minimum atomic E-state index is -4.43. The molecule has 31 heavy (non-hydrogen) atoms. The number of halogens is 3. The molecule has 0 aromatic heterocycles. The molecule has 0 aliphatic carbocycles. The van der Waals surface area contributed by atoms with Crippen molar-refractivity contribution in [3.05, 3.63) is 34.9 Å². The van der Waals surface area contributed by atoms with Gasteiger partial charge < -0.3 is 14.4 Å². The van der Waals surface area contributed by atoms with Crippen molar-refractivity contribution in [1.29, 1.82) is 0 Å². The van der Waals surface area contributed by atoms with Crippen molar-refractivity contribution in [1.82, 2.24) is 4.90 Å². The van der Waals surface area contributed by atoms with Crippen LogP contribution in [0.2, 0.25) is 0 Å². The molecule has 0 radical (unpaired) electrons. The van der Waals surface area contributed by atoms with Crippen LogP contribution >= 0.6 is 0 Å². The number of carbonyl (C=O) groups is 2. The number of carbonyl (C=O) groups excluding carboxylic acids is 2. The molecule has 1 aliphatic heterocycles. The Kier molecular flexibility index (Phi) is 7.66. The first-order valence-corrected chi connectivity index (χ1v) is 10.6. The quantitative estimate of drug-likeness (QED) is 0.562. The number of ether oxygens (including phenoxy) is 2. The Balaban J connectivity index is 2.24. The van der Waals surface area contributed by atoms with Crippen LogP contribution in [0.1, 0.15) is 63.6 Å². The molecule has 1 fully saturated rings. The lowest BCUT2D eigenvalue weighted by Gasteiger charge is -2.41. The van der Waals surface area contributed by atoms with Gasteiger partial charge in [-0.2, -0.15) is 13.2 Å². The van der Waals surface area contributed by atoms with Crippen LogP contribution in [0.25, 0.3) is 0 Å². The summed E-state index contributed by atoms with van der Waals surface area (Å²) in [5.74, 6) is -0.425. The van der Waals surface area contributed by atoms with Gasteiger partial charge in [0, 0.05) is 13.1 Å². The van der Waals surface area contributed by atoms with Gasteiger partial charge >= 0.3 is 18.2 Å². The summed E-state index contributed by atoms with van der Waals surface area (Å²) < 4.78 is 50.6. The standard InChI is InChI=1S/C23H32F3NO4/c1-6-30-19(28)22(11-7-13-27(15-22)20(29)31-21(3,4)5)12-10-17-9-8-16(2)18(14-17)23(24,25)26/h8-9,14H,6-7,10-13,15H2,1-5H3. The summed E-state index contributed by atoms with van der Waals surface area (Å²) in [6.07, 6.45) is -3.30. The van der Waals surface area contributed by atoms with Crippen LogP contribution < -0.4 is 0 Å². The Morgan fingerprint density at radius 2 is 1.87 bits per heavy atom. The van der Waals surface area contributed by atoms with Gasteiger partial charge in [-0.05, 0) is 77.5 Å². The van der Waals surface area contributed by atoms with E-state index in [1.807, 2.05) is 0 Å². The van der Waals surface area contributed by atoms with Crippen molar-refractivity contribution in [2.75, 3.05) is 19.7 Å². The topological polar surface area (TPSA) is 55.8 Å². The second-order valence-electron chi connectivity index (χ2n) is 9.15. The van der Waals surface area contributed by atoms with Gasteiger partial charge in [0.1, 0.15) is 5.60 Å². The summed E-state index contributed by atoms with van der Waals surface area (Å²) in [6, 6.07) is 4.24. The van der Waals surface area contributed by atoms with Gasteiger partial charge in [-0.1, -0.05) is 12.1 Å². The van der Waals surface area contributed by atoms with Crippen molar-refractivity contribution in [3.63, 3.8) is 0 Å². The van der Waals surface area contributed by atoms with E-state index in [0.717, 1.165) is 6.07 Å². The fourth-order valence-corrected chi connectivity index (χ4v) is 3.88. The largest absolute Gasteiger partial charge is 0.466 e. The van der Waals surface area contributed by atoms with Crippen LogP contribution in [0.15, 0.2) is 18.2 Å². The first-order valence-electron chi connectivity index (χ1n) is 10.6. The Hall–Kier alpha value is -2.25. The van der Waals surface area contributed by atoms with Gasteiger partial charge in [-0.3, -0.25) is 4.79 Å². The third-order valence-electron chi connectivity index (χ3n) is 5.44. The Bertz CT molecular complexity index is 801. The van der Waals surface area contributed by atoms with E-state index in [2.05, 4.69) is 0 Å². The average molecular weight is 444 g/mol. The summed E-state index contributed by atoms with van der Waals surface area (Å²) in [5, 5.41) is 0. The number of esters is 1. The van der Waals surface area contributed by atoms with E-state index in [1.54, 1.807) is 33.8 Å². The molecule has 1 aromatic carbocycles. The molecule has 2 rings (SSSR count). The maximum Gasteiger partial charge on any atom is 0.416 e. The highest BCUT2D eigenvalue weighted by Crippen LogP contribution is 2.38. The molecule has 1 atom stereocenters. The minimum absolute atomic E-state index is 0.124. The van der Waals surface area contributed by atoms with E-state index in [0.29, 0.717) is 24.9 Å². The molecule has 0 N–H and O–H groups in total. The van der Waals surface area contributed by atoms with E-state index in [1.165, 1.54) is 17.9 Å². The van der Waals surface area contributed by atoms with Crippen molar-refractivity contribution < 1.29 is 32.2 Å². The third kappa shape index (κ3) is 6.61. The molecule has 1 aliphatic rings. The van der Waals surface area contributed by atoms with Crippen molar-refractivity contribution in [2.45, 2.75) is 72.1 Å². The smallest absolute Gasteiger partial charge is 0.416 e. The summed E-state index contributed by atoms with van der Waals surface area (Å²) in [5.41, 5.74) is -1.67. The van der Waals surface area contributed by atoms with E-state index in [9.17, 15) is 22.8 Å². The van der Waals surface area contributed by atoms with Crippen LogP contribution in [-0.4, -0.2) is 42.3 Å². The van der Waals surface area contributed by atoms with Gasteiger partial charge in [0.2, 0.25) is 0 Å². The lowest BCUT2D eigenvalue weighted by Crippen LogP contribution is -2.51. The number of piperidine rings is 1. The first kappa shape index (κ1) is 25.0. The van der Waals surface area contributed by atoms with Crippen LogP contribution in [0.4, 0.5) is 18.0 Å². The van der Waals surface area contributed by atoms with Crippen LogP contribution in [-0.2, 0) is 26.9 Å². The van der Waals surface area contributed by atoms with Crippen LogP contribution in [0.5, 0.6) is 0 Å². The molecule has 1 heterocycles. The van der Waals surface area contributed by atoms with Gasteiger partial charge in [0.05, 0.1) is 17.6 Å². The number of aryl methyl sites for hydroxylation is 2. The highest BCUT2D eigenvalue weighted by molar-refractivity contribution is 5.79. The summed E-state index contributed by atoms with van der Waals surface area (Å²) >= 11 is 0. The van der Waals surface area contributed by atoms with Crippen LogP contribution in [0.3, 0.4) is 0 Å². The molecular weight excluding hydrogens is 411 g/mol. The number of hydrogen-bond acceptors (Lipinski definition) is 4. The fraction of sp³-hybridized carbons (Fsp3) is 0.652. The van der Waals surface area contributed by atoms with Crippen molar-refractivity contribution in [3.8, 4) is 0 Å². The second kappa shape index (κ2) is 9.49. The Morgan fingerprint density at radius 1 is 1.19 bits per heavy atom. The van der Waals surface area contributed by atoms with Gasteiger partial charge in [0.15, 0.2) is 0 Å². The maximum atomic E-state index is 13.3. The lowest BCUT2D eigenvalue weighted by molar-refractivity contribution is -0.159. The fourth-order valence-electron chi connectivity index (χ4n) is 3.88. The first-order chi connectivity index (χ1) is 14.3. The van der Waals surface area contributed by atoms with E-state index < -0.39 is 34.8 Å². The number of hydrogen-bond donors (Lipinski definition) is 0. The molecule has 5 nitrogen and oxygen atoms in total. The zero-order valence-corrected chi connectivity index (χ0v) is 18.9. The van der Waals surface area contributed by atoms with Crippen molar-refractivity contribution in [2.24, 2.45) is 5.41 Å². The minimum Gasteiger partial charge on any atom is -0.466 e. The number of nitrogens with zero attached hydrogens (tertiary/aromatic N) is 1. The Labute approximate surface area is 181 Å². The average Bonchev–Trinajstić information content (AvgIpc) is 2.65. The molecule has 8 heteroatoms. The third-order valence-corrected chi connectivity index (χ3v) is 5.44. The molecule has 174 valence electrons. The zero-order valence-electron chi connectivity index (χ0n) is 18.9. The molecule has 0 bridgehead atoms. The molecule has 1 saturated heterocycles. The number of amides is 1. The molecular formula is C23H32F3NO4. The van der Waals surface area contributed by atoms with E-state index in [-0.39, 0.29) is 31.6 Å². The number of alkyl halides is 3. The molecule has 1 amide bonds. The SMILES string of the molecule is CCOC(=O)C1(CCc2ccc(C)c(C(F)(F)F)c2)CCCN(C(=O)OC(C)(C)C)C1. The highest BCUT2D eigenvalue weighted by atomic mass is 19.4. The molecule has 1 unspecified atom stereocenters. The van der Waals surface area contributed by atoms with E-state index in [4.69, 9.17) is 9.47 Å². The van der Waals surface area contributed by atoms with Gasteiger partial charge in [0.25, 0.3) is 0 Å². The Morgan fingerprint density at radius 3 is 2.45 bits per heavy atom. The molecule has 1 aromatic rings. The lowest BCUT2D eigenvalue weighted by atomic mass is 9.75. The highest BCUT2D eigenvalue weighted by Gasteiger charge is 2.45. The summed E-state index contributed by atoms with van der Waals surface area (Å²) in [6.45, 7) is 9.20. The van der Waals surface area contributed by atoms with Crippen molar-refractivity contribution >= 4 is 12.1 Å². The molecule has 0 spiro atoms. The monoisotopic (exact) mass is 443 g/mol. The van der Waals surface area contributed by atoms with Gasteiger partial charge in [-0.15, -0.1) is 0 Å². The number of benzene rings is 1. The summed E-state index contributed by atoms with van der Waals surface area (Å²) in [7, 11) is 0. The van der Waals surface area contributed by atoms with E-state index >= 15 is 0 Å². The predicted molar refractivity (Wildman–Crippen MR) is 111 cm³/mol. The normalized spacial score (nSPS) is 19.8. The predicted octanol–water partition coefficient (Wildman–Crippen LogP) is 5.53. The van der Waals surface area contributed by atoms with Crippen LogP contribution in [0, 0.1) is 12.3 Å². The van der Waals surface area contributed by atoms with Gasteiger partial charge in [-0.25, -0.2) is 4.79 Å². The molecule has 0 saturated carbocycles. The maximum absolute atomic E-state index is 13.3. The second-order valence-corrected chi connectivity index (χ2v) is 9.15. The number of rotatable bonds is 5. The zero-order chi connectivity index (χ0) is 23.4.